The van der Waals surface area contributed by atoms with Crippen LogP contribution in [0.2, 0.25) is 10.0 Å². The van der Waals surface area contributed by atoms with Gasteiger partial charge in [-0.15, -0.1) is 0 Å². The highest BCUT2D eigenvalue weighted by atomic mass is 35.5. The molecule has 128 valence electrons. The van der Waals surface area contributed by atoms with E-state index in [4.69, 9.17) is 32.7 Å². The molecule has 6 heteroatoms. The zero-order chi connectivity index (χ0) is 17.4. The fraction of sp³-hybridized carbons (Fsp3) is 0.278. The molecule has 24 heavy (non-hydrogen) atoms. The van der Waals surface area contributed by atoms with Crippen LogP contribution in [0.4, 0.5) is 0 Å². The van der Waals surface area contributed by atoms with Crippen molar-refractivity contribution in [1.29, 1.82) is 0 Å². The standard InChI is InChI=1S/C18H20Cl2N2O2/c1-3-8-24-18-16(20)9-13(10-17(18)23-2)11-21-22-12-14-6-4-5-7-15(14)19/h4-7,9-11,22H,3,8,12H2,1-2H3/b21-11-. The first-order chi connectivity index (χ1) is 11.7. The van der Waals surface area contributed by atoms with Crippen molar-refractivity contribution in [2.75, 3.05) is 13.7 Å². The summed E-state index contributed by atoms with van der Waals surface area (Å²) in [6, 6.07) is 11.2. The maximum atomic E-state index is 6.27. The Kier molecular flexibility index (Phi) is 7.22. The minimum Gasteiger partial charge on any atom is -0.493 e. The Hall–Kier alpha value is -1.91. The molecule has 0 atom stereocenters. The summed E-state index contributed by atoms with van der Waals surface area (Å²) in [7, 11) is 1.58. The van der Waals surface area contributed by atoms with Crippen molar-refractivity contribution >= 4 is 29.4 Å². The molecular formula is C18H20Cl2N2O2. The molecule has 0 saturated heterocycles. The third kappa shape index (κ3) is 5.05. The highest BCUT2D eigenvalue weighted by Crippen LogP contribution is 2.36. The van der Waals surface area contributed by atoms with Crippen LogP contribution in [-0.2, 0) is 6.54 Å². The number of nitrogens with one attached hydrogen (secondary N) is 1. The third-order valence-corrected chi connectivity index (χ3v) is 3.88. The summed E-state index contributed by atoms with van der Waals surface area (Å²) in [5, 5.41) is 5.40. The number of hydrazone groups is 1. The van der Waals surface area contributed by atoms with Gasteiger partial charge in [0.15, 0.2) is 11.5 Å². The lowest BCUT2D eigenvalue weighted by Crippen LogP contribution is -2.06. The average Bonchev–Trinajstić information content (AvgIpc) is 2.58. The van der Waals surface area contributed by atoms with Gasteiger partial charge in [0.05, 0.1) is 31.5 Å². The lowest BCUT2D eigenvalue weighted by atomic mass is 10.2. The molecule has 0 radical (unpaired) electrons. The first kappa shape index (κ1) is 18.4. The van der Waals surface area contributed by atoms with Gasteiger partial charge in [-0.2, -0.15) is 5.10 Å². The van der Waals surface area contributed by atoms with Crippen LogP contribution in [0.5, 0.6) is 11.5 Å². The number of hydrogen-bond acceptors (Lipinski definition) is 4. The molecule has 2 aromatic rings. The van der Waals surface area contributed by atoms with E-state index in [1.165, 1.54) is 0 Å². The fourth-order valence-electron chi connectivity index (χ4n) is 2.05. The summed E-state index contributed by atoms with van der Waals surface area (Å²) < 4.78 is 11.0. The van der Waals surface area contributed by atoms with Crippen molar-refractivity contribution in [2.45, 2.75) is 19.9 Å². The Morgan fingerprint density at radius 1 is 1.17 bits per heavy atom. The van der Waals surface area contributed by atoms with Crippen molar-refractivity contribution < 1.29 is 9.47 Å². The van der Waals surface area contributed by atoms with Gasteiger partial charge in [-0.1, -0.05) is 48.3 Å². The number of hydrogen-bond donors (Lipinski definition) is 1. The van der Waals surface area contributed by atoms with E-state index in [-0.39, 0.29) is 0 Å². The highest BCUT2D eigenvalue weighted by Gasteiger charge is 2.11. The minimum atomic E-state index is 0.496. The van der Waals surface area contributed by atoms with Crippen LogP contribution in [0.3, 0.4) is 0 Å². The number of methoxy groups -OCH3 is 1. The van der Waals surface area contributed by atoms with E-state index in [1.807, 2.05) is 37.3 Å². The van der Waals surface area contributed by atoms with Crippen LogP contribution in [0.1, 0.15) is 24.5 Å². The zero-order valence-electron chi connectivity index (χ0n) is 13.7. The highest BCUT2D eigenvalue weighted by molar-refractivity contribution is 6.32. The molecule has 0 fully saturated rings. The predicted molar refractivity (Wildman–Crippen MR) is 99.7 cm³/mol. The van der Waals surface area contributed by atoms with Crippen LogP contribution < -0.4 is 14.9 Å². The third-order valence-electron chi connectivity index (χ3n) is 3.23. The van der Waals surface area contributed by atoms with Crippen molar-refractivity contribution in [3.05, 3.63) is 57.6 Å². The Morgan fingerprint density at radius 3 is 2.67 bits per heavy atom. The molecule has 2 rings (SSSR count). The van der Waals surface area contributed by atoms with E-state index < -0.39 is 0 Å². The lowest BCUT2D eigenvalue weighted by molar-refractivity contribution is 0.294. The van der Waals surface area contributed by atoms with Gasteiger partial charge in [0.25, 0.3) is 0 Å². The first-order valence-electron chi connectivity index (χ1n) is 7.65. The van der Waals surface area contributed by atoms with Crippen molar-refractivity contribution in [3.63, 3.8) is 0 Å². The van der Waals surface area contributed by atoms with Crippen LogP contribution in [0.25, 0.3) is 0 Å². The zero-order valence-corrected chi connectivity index (χ0v) is 15.2. The molecule has 4 nitrogen and oxygen atoms in total. The Labute approximate surface area is 152 Å². The molecule has 0 aliphatic heterocycles. The Bertz CT molecular complexity index is 705. The Balaban J connectivity index is 2.04. The second-order valence-corrected chi connectivity index (χ2v) is 5.88. The number of nitrogens with zero attached hydrogens (tertiary/aromatic N) is 1. The van der Waals surface area contributed by atoms with Crippen LogP contribution in [0.15, 0.2) is 41.5 Å². The Morgan fingerprint density at radius 2 is 1.96 bits per heavy atom. The fourth-order valence-corrected chi connectivity index (χ4v) is 2.53. The van der Waals surface area contributed by atoms with Crippen molar-refractivity contribution in [3.8, 4) is 11.5 Å². The molecule has 1 N–H and O–H groups in total. The van der Waals surface area contributed by atoms with Crippen LogP contribution in [-0.4, -0.2) is 19.9 Å². The summed E-state index contributed by atoms with van der Waals surface area (Å²) in [6.45, 7) is 3.16. The molecule has 0 unspecified atom stereocenters. The quantitative estimate of drug-likeness (QED) is 0.532. The summed E-state index contributed by atoms with van der Waals surface area (Å²) in [5.41, 5.74) is 4.76. The average molecular weight is 367 g/mol. The molecule has 0 bridgehead atoms. The number of benzene rings is 2. The number of halogens is 2. The summed E-state index contributed by atoms with van der Waals surface area (Å²) in [5.74, 6) is 1.14. The largest absolute Gasteiger partial charge is 0.493 e. The number of ether oxygens (including phenoxy) is 2. The molecular weight excluding hydrogens is 347 g/mol. The topological polar surface area (TPSA) is 42.8 Å². The second-order valence-electron chi connectivity index (χ2n) is 5.07. The molecule has 0 aliphatic carbocycles. The van der Waals surface area contributed by atoms with Crippen LogP contribution >= 0.6 is 23.2 Å². The van der Waals surface area contributed by atoms with Gasteiger partial charge >= 0.3 is 0 Å². The van der Waals surface area contributed by atoms with E-state index in [9.17, 15) is 0 Å². The minimum absolute atomic E-state index is 0.496. The monoisotopic (exact) mass is 366 g/mol. The summed E-state index contributed by atoms with van der Waals surface area (Å²) in [4.78, 5) is 0. The van der Waals surface area contributed by atoms with E-state index in [0.717, 1.165) is 17.5 Å². The van der Waals surface area contributed by atoms with Crippen molar-refractivity contribution in [1.82, 2.24) is 5.43 Å². The number of rotatable bonds is 8. The lowest BCUT2D eigenvalue weighted by Gasteiger charge is -2.12. The summed E-state index contributed by atoms with van der Waals surface area (Å²) in [6.07, 6.45) is 2.57. The molecule has 0 aromatic heterocycles. The van der Waals surface area contributed by atoms with Gasteiger partial charge in [0.1, 0.15) is 0 Å². The van der Waals surface area contributed by atoms with E-state index in [2.05, 4.69) is 10.5 Å². The van der Waals surface area contributed by atoms with Gasteiger partial charge in [0.2, 0.25) is 0 Å². The SMILES string of the molecule is CCCOc1c(Cl)cc(/C=N\NCc2ccccc2Cl)cc1OC. The van der Waals surface area contributed by atoms with E-state index in [0.29, 0.717) is 34.7 Å². The maximum Gasteiger partial charge on any atom is 0.179 e. The van der Waals surface area contributed by atoms with Gasteiger partial charge in [-0.3, -0.25) is 0 Å². The smallest absolute Gasteiger partial charge is 0.179 e. The normalized spacial score (nSPS) is 10.8. The maximum absolute atomic E-state index is 6.27. The molecule has 2 aromatic carbocycles. The van der Waals surface area contributed by atoms with Gasteiger partial charge in [0, 0.05) is 5.02 Å². The van der Waals surface area contributed by atoms with Crippen LogP contribution in [0, 0.1) is 0 Å². The predicted octanol–water partition coefficient (Wildman–Crippen LogP) is 4.91. The molecule has 0 amide bonds. The summed E-state index contributed by atoms with van der Waals surface area (Å²) >= 11 is 12.4. The second kappa shape index (κ2) is 9.40. The van der Waals surface area contributed by atoms with E-state index in [1.54, 1.807) is 19.4 Å². The molecule has 0 aliphatic rings. The van der Waals surface area contributed by atoms with Gasteiger partial charge in [-0.05, 0) is 35.7 Å². The van der Waals surface area contributed by atoms with Gasteiger partial charge < -0.3 is 14.9 Å². The first-order valence-corrected chi connectivity index (χ1v) is 8.41. The molecule has 0 heterocycles. The molecule has 0 spiro atoms. The van der Waals surface area contributed by atoms with E-state index >= 15 is 0 Å². The molecule has 0 saturated carbocycles. The van der Waals surface area contributed by atoms with Crippen molar-refractivity contribution in [2.24, 2.45) is 5.10 Å². The van der Waals surface area contributed by atoms with Gasteiger partial charge in [-0.25, -0.2) is 0 Å².